The first-order valence-electron chi connectivity index (χ1n) is 6.65. The predicted octanol–water partition coefficient (Wildman–Crippen LogP) is 2.43. The molecular weight excluding hydrogens is 246 g/mol. The molecular formula is C13H23N3OS. The van der Waals surface area contributed by atoms with Crippen LogP contribution < -0.4 is 4.90 Å². The first-order chi connectivity index (χ1) is 8.38. The molecule has 0 amide bonds. The molecule has 1 N–H and O–H groups in total. The predicted molar refractivity (Wildman–Crippen MR) is 75.2 cm³/mol. The number of aliphatic hydroxyl groups is 1. The molecule has 1 aromatic heterocycles. The summed E-state index contributed by atoms with van der Waals surface area (Å²) in [6, 6.07) is 0. The molecule has 1 aliphatic heterocycles. The molecule has 0 aromatic carbocycles. The van der Waals surface area contributed by atoms with Gasteiger partial charge in [0.1, 0.15) is 5.82 Å². The van der Waals surface area contributed by atoms with Gasteiger partial charge in [-0.3, -0.25) is 0 Å². The van der Waals surface area contributed by atoms with Crippen molar-refractivity contribution in [3.05, 3.63) is 5.82 Å². The number of piperidine rings is 1. The van der Waals surface area contributed by atoms with Crippen LogP contribution in [0.2, 0.25) is 0 Å². The zero-order valence-electron chi connectivity index (χ0n) is 11.7. The SMILES string of the molecule is CC(O)C1CCCN(c2nc(C(C)(C)C)ns2)C1. The highest BCUT2D eigenvalue weighted by molar-refractivity contribution is 7.09. The molecule has 0 saturated carbocycles. The minimum Gasteiger partial charge on any atom is -0.393 e. The van der Waals surface area contributed by atoms with Crippen LogP contribution >= 0.6 is 11.5 Å². The Morgan fingerprint density at radius 1 is 1.44 bits per heavy atom. The van der Waals surface area contributed by atoms with E-state index in [2.05, 4.69) is 35.0 Å². The minimum absolute atomic E-state index is 0.00814. The highest BCUT2D eigenvalue weighted by atomic mass is 32.1. The molecule has 2 atom stereocenters. The summed E-state index contributed by atoms with van der Waals surface area (Å²) in [5.41, 5.74) is 0.00814. The van der Waals surface area contributed by atoms with Gasteiger partial charge in [0, 0.05) is 36.0 Å². The summed E-state index contributed by atoms with van der Waals surface area (Å²) in [6.45, 7) is 10.2. The molecule has 0 radical (unpaired) electrons. The fourth-order valence-electron chi connectivity index (χ4n) is 2.23. The molecule has 102 valence electrons. The lowest BCUT2D eigenvalue weighted by Gasteiger charge is -2.33. The highest BCUT2D eigenvalue weighted by Gasteiger charge is 2.27. The standard InChI is InChI=1S/C13H23N3OS/c1-9(17)10-6-5-7-16(8-10)12-14-11(15-18-12)13(2,3)4/h9-10,17H,5-8H2,1-4H3. The first kappa shape index (κ1) is 13.7. The molecule has 18 heavy (non-hydrogen) atoms. The summed E-state index contributed by atoms with van der Waals surface area (Å²) in [5.74, 6) is 1.28. The maximum atomic E-state index is 9.72. The third-order valence-electron chi connectivity index (χ3n) is 3.50. The van der Waals surface area contributed by atoms with Crippen molar-refractivity contribution in [1.82, 2.24) is 9.36 Å². The summed E-state index contributed by atoms with van der Waals surface area (Å²) < 4.78 is 4.46. The molecule has 0 bridgehead atoms. The lowest BCUT2D eigenvalue weighted by atomic mass is 9.94. The Morgan fingerprint density at radius 3 is 2.72 bits per heavy atom. The van der Waals surface area contributed by atoms with E-state index in [0.717, 1.165) is 36.9 Å². The van der Waals surface area contributed by atoms with Crippen molar-refractivity contribution >= 4 is 16.7 Å². The van der Waals surface area contributed by atoms with Crippen LogP contribution in [0.5, 0.6) is 0 Å². The number of anilines is 1. The summed E-state index contributed by atoms with van der Waals surface area (Å²) >= 11 is 1.48. The van der Waals surface area contributed by atoms with Gasteiger partial charge in [-0.1, -0.05) is 20.8 Å². The number of rotatable bonds is 2. The molecule has 2 heterocycles. The summed E-state index contributed by atoms with van der Waals surface area (Å²) in [6.07, 6.45) is 2.00. The minimum atomic E-state index is -0.234. The molecule has 1 aromatic rings. The van der Waals surface area contributed by atoms with E-state index in [1.54, 1.807) is 0 Å². The van der Waals surface area contributed by atoms with E-state index in [0.29, 0.717) is 5.92 Å². The van der Waals surface area contributed by atoms with Gasteiger partial charge < -0.3 is 10.0 Å². The Kier molecular flexibility index (Phi) is 3.92. The number of aromatic nitrogens is 2. The number of hydrogen-bond acceptors (Lipinski definition) is 5. The maximum absolute atomic E-state index is 9.72. The smallest absolute Gasteiger partial charge is 0.205 e. The number of aliphatic hydroxyl groups excluding tert-OH is 1. The van der Waals surface area contributed by atoms with Gasteiger partial charge in [0.2, 0.25) is 5.13 Å². The second kappa shape index (κ2) is 5.13. The summed E-state index contributed by atoms with van der Waals surface area (Å²) in [4.78, 5) is 6.92. The van der Waals surface area contributed by atoms with E-state index in [1.165, 1.54) is 11.5 Å². The Balaban J connectivity index is 2.09. The largest absolute Gasteiger partial charge is 0.393 e. The Labute approximate surface area is 113 Å². The molecule has 4 nitrogen and oxygen atoms in total. The second-order valence-electron chi connectivity index (χ2n) is 6.24. The lowest BCUT2D eigenvalue weighted by Crippen LogP contribution is -2.39. The van der Waals surface area contributed by atoms with Crippen LogP contribution in [0.1, 0.15) is 46.4 Å². The van der Waals surface area contributed by atoms with E-state index >= 15 is 0 Å². The van der Waals surface area contributed by atoms with Gasteiger partial charge >= 0.3 is 0 Å². The average Bonchev–Trinajstić information content (AvgIpc) is 2.78. The third-order valence-corrected chi connectivity index (χ3v) is 4.27. The van der Waals surface area contributed by atoms with Crippen LogP contribution in [0.15, 0.2) is 0 Å². The highest BCUT2D eigenvalue weighted by Crippen LogP contribution is 2.29. The van der Waals surface area contributed by atoms with Crippen LogP contribution in [-0.2, 0) is 5.41 Å². The van der Waals surface area contributed by atoms with Gasteiger partial charge in [-0.25, -0.2) is 4.98 Å². The zero-order valence-corrected chi connectivity index (χ0v) is 12.5. The first-order valence-corrected chi connectivity index (χ1v) is 7.42. The van der Waals surface area contributed by atoms with Gasteiger partial charge in [-0.15, -0.1) is 0 Å². The van der Waals surface area contributed by atoms with Crippen molar-refractivity contribution in [2.45, 2.75) is 52.1 Å². The van der Waals surface area contributed by atoms with Gasteiger partial charge in [0.15, 0.2) is 0 Å². The van der Waals surface area contributed by atoms with Crippen molar-refractivity contribution in [3.63, 3.8) is 0 Å². The molecule has 0 aliphatic carbocycles. The van der Waals surface area contributed by atoms with Gasteiger partial charge in [-0.05, 0) is 19.8 Å². The lowest BCUT2D eigenvalue weighted by molar-refractivity contribution is 0.115. The average molecular weight is 269 g/mol. The second-order valence-corrected chi connectivity index (χ2v) is 6.97. The fourth-order valence-corrected chi connectivity index (χ4v) is 3.12. The third kappa shape index (κ3) is 3.01. The molecule has 1 aliphatic rings. The van der Waals surface area contributed by atoms with E-state index in [-0.39, 0.29) is 11.5 Å². The molecule has 1 saturated heterocycles. The van der Waals surface area contributed by atoms with Crippen molar-refractivity contribution in [1.29, 1.82) is 0 Å². The maximum Gasteiger partial charge on any atom is 0.205 e. The Morgan fingerprint density at radius 2 is 2.17 bits per heavy atom. The molecule has 1 fully saturated rings. The molecule has 2 unspecified atom stereocenters. The van der Waals surface area contributed by atoms with Gasteiger partial charge in [-0.2, -0.15) is 4.37 Å². The molecule has 0 spiro atoms. The quantitative estimate of drug-likeness (QED) is 0.896. The summed E-state index contributed by atoms with van der Waals surface area (Å²) in [5, 5.41) is 10.7. The van der Waals surface area contributed by atoms with Crippen LogP contribution in [0, 0.1) is 5.92 Å². The van der Waals surface area contributed by atoms with Gasteiger partial charge in [0.05, 0.1) is 6.10 Å². The van der Waals surface area contributed by atoms with E-state index in [1.807, 2.05) is 6.92 Å². The summed E-state index contributed by atoms with van der Waals surface area (Å²) in [7, 11) is 0. The van der Waals surface area contributed by atoms with Crippen LogP contribution in [-0.4, -0.2) is 33.7 Å². The normalized spacial score (nSPS) is 23.2. The van der Waals surface area contributed by atoms with Crippen LogP contribution in [0.3, 0.4) is 0 Å². The van der Waals surface area contributed by atoms with Crippen molar-refractivity contribution in [2.24, 2.45) is 5.92 Å². The monoisotopic (exact) mass is 269 g/mol. The van der Waals surface area contributed by atoms with Crippen molar-refractivity contribution < 1.29 is 5.11 Å². The van der Waals surface area contributed by atoms with Crippen molar-refractivity contribution in [2.75, 3.05) is 18.0 Å². The van der Waals surface area contributed by atoms with Crippen LogP contribution in [0.25, 0.3) is 0 Å². The Bertz CT molecular complexity index is 397. The Hall–Kier alpha value is -0.680. The van der Waals surface area contributed by atoms with Crippen LogP contribution in [0.4, 0.5) is 5.13 Å². The zero-order chi connectivity index (χ0) is 13.3. The number of nitrogens with zero attached hydrogens (tertiary/aromatic N) is 3. The van der Waals surface area contributed by atoms with E-state index in [9.17, 15) is 5.11 Å². The van der Waals surface area contributed by atoms with E-state index < -0.39 is 0 Å². The number of hydrogen-bond donors (Lipinski definition) is 1. The fraction of sp³-hybridized carbons (Fsp3) is 0.846. The van der Waals surface area contributed by atoms with Crippen molar-refractivity contribution in [3.8, 4) is 0 Å². The van der Waals surface area contributed by atoms with Gasteiger partial charge in [0.25, 0.3) is 0 Å². The topological polar surface area (TPSA) is 49.2 Å². The molecule has 2 rings (SSSR count). The van der Waals surface area contributed by atoms with E-state index in [4.69, 9.17) is 0 Å². The molecule has 5 heteroatoms.